The van der Waals surface area contributed by atoms with E-state index >= 15 is 0 Å². The van der Waals surface area contributed by atoms with Crippen LogP contribution >= 0.6 is 0 Å². The van der Waals surface area contributed by atoms with Gasteiger partial charge in [0.2, 0.25) is 10.0 Å². The summed E-state index contributed by atoms with van der Waals surface area (Å²) in [5.41, 5.74) is 2.40. The molecule has 7 heteroatoms. The first kappa shape index (κ1) is 16.2. The van der Waals surface area contributed by atoms with E-state index in [0.29, 0.717) is 30.2 Å². The maximum atomic E-state index is 12.9. The molecule has 2 rings (SSSR count). The van der Waals surface area contributed by atoms with Crippen molar-refractivity contribution in [1.29, 1.82) is 0 Å². The van der Waals surface area contributed by atoms with Crippen LogP contribution in [-0.2, 0) is 16.6 Å². The van der Waals surface area contributed by atoms with Crippen molar-refractivity contribution in [2.24, 2.45) is 0 Å². The van der Waals surface area contributed by atoms with Crippen molar-refractivity contribution in [2.45, 2.75) is 38.6 Å². The van der Waals surface area contributed by atoms with Crippen molar-refractivity contribution in [2.75, 3.05) is 26.7 Å². The number of nitrogens with one attached hydrogen (secondary N) is 1. The number of nitrogens with zero attached hydrogens (tertiary/aromatic N) is 3. The molecule has 0 saturated heterocycles. The van der Waals surface area contributed by atoms with Gasteiger partial charge in [0.1, 0.15) is 4.90 Å². The van der Waals surface area contributed by atoms with Crippen molar-refractivity contribution in [3.8, 4) is 0 Å². The Bertz CT molecular complexity index is 646. The average Bonchev–Trinajstić information content (AvgIpc) is 2.71. The molecule has 118 valence electrons. The first-order chi connectivity index (χ1) is 9.87. The van der Waals surface area contributed by atoms with Crippen molar-refractivity contribution >= 4 is 10.0 Å². The molecule has 0 bridgehead atoms. The molecule has 0 saturated carbocycles. The van der Waals surface area contributed by atoms with Crippen LogP contribution in [0.2, 0.25) is 0 Å². The maximum absolute atomic E-state index is 12.9. The predicted octanol–water partition coefficient (Wildman–Crippen LogP) is 1.06. The van der Waals surface area contributed by atoms with Crippen LogP contribution in [0.4, 0.5) is 0 Å². The molecule has 21 heavy (non-hydrogen) atoms. The summed E-state index contributed by atoms with van der Waals surface area (Å²) in [5, 5.41) is 7.44. The summed E-state index contributed by atoms with van der Waals surface area (Å²) in [6.07, 6.45) is 2.87. The third-order valence-electron chi connectivity index (χ3n) is 3.78. The Labute approximate surface area is 126 Å². The van der Waals surface area contributed by atoms with Crippen molar-refractivity contribution in [3.05, 3.63) is 23.0 Å². The van der Waals surface area contributed by atoms with Crippen LogP contribution in [0.15, 0.2) is 16.5 Å². The average molecular weight is 312 g/mol. The van der Waals surface area contributed by atoms with E-state index in [-0.39, 0.29) is 0 Å². The summed E-state index contributed by atoms with van der Waals surface area (Å²) in [4.78, 5) is 0.369. The van der Waals surface area contributed by atoms with Crippen LogP contribution in [0, 0.1) is 13.8 Å². The zero-order valence-electron chi connectivity index (χ0n) is 13.2. The summed E-state index contributed by atoms with van der Waals surface area (Å²) >= 11 is 0. The molecule has 0 aromatic carbocycles. The molecule has 1 N–H and O–H groups in total. The second-order valence-corrected chi connectivity index (χ2v) is 7.38. The lowest BCUT2D eigenvalue weighted by molar-refractivity contribution is 0.427. The number of aromatic nitrogens is 2. The Morgan fingerprint density at radius 1 is 1.33 bits per heavy atom. The van der Waals surface area contributed by atoms with E-state index < -0.39 is 10.0 Å². The number of likely N-dealkylation sites (N-methyl/N-ethyl adjacent to an activating group) is 1. The van der Waals surface area contributed by atoms with E-state index in [1.165, 1.54) is 0 Å². The molecule has 6 nitrogen and oxygen atoms in total. The van der Waals surface area contributed by atoms with Gasteiger partial charge in [-0.1, -0.05) is 11.6 Å². The minimum atomic E-state index is -3.47. The highest BCUT2D eigenvalue weighted by atomic mass is 32.2. The Morgan fingerprint density at radius 2 is 2.05 bits per heavy atom. The SMILES string of the molecule is CNCCn1nc(C)c(S(=O)(=O)N2CCC=C(C)C2)c1C. The summed E-state index contributed by atoms with van der Waals surface area (Å²) in [6.45, 7) is 8.00. The number of hydrogen-bond donors (Lipinski definition) is 1. The third-order valence-corrected chi connectivity index (χ3v) is 5.88. The predicted molar refractivity (Wildman–Crippen MR) is 82.8 cm³/mol. The van der Waals surface area contributed by atoms with Crippen molar-refractivity contribution in [3.63, 3.8) is 0 Å². The zero-order chi connectivity index (χ0) is 15.6. The van der Waals surface area contributed by atoms with Crippen LogP contribution in [0.3, 0.4) is 0 Å². The molecule has 1 aromatic heterocycles. The topological polar surface area (TPSA) is 67.2 Å². The van der Waals surface area contributed by atoms with Crippen molar-refractivity contribution in [1.82, 2.24) is 19.4 Å². The van der Waals surface area contributed by atoms with Gasteiger partial charge in [-0.2, -0.15) is 9.40 Å². The van der Waals surface area contributed by atoms with Gasteiger partial charge in [-0.15, -0.1) is 0 Å². The standard InChI is InChI=1S/C14H24N4O2S/c1-11-6-5-8-17(10-11)21(19,20)14-12(2)16-18(13(14)3)9-7-15-4/h6,15H,5,7-10H2,1-4H3. The first-order valence-corrected chi connectivity index (χ1v) is 8.66. The molecule has 2 heterocycles. The van der Waals surface area contributed by atoms with E-state index in [0.717, 1.165) is 24.2 Å². The van der Waals surface area contributed by atoms with E-state index in [1.54, 1.807) is 15.9 Å². The van der Waals surface area contributed by atoms with E-state index in [9.17, 15) is 8.42 Å². The number of aryl methyl sites for hydroxylation is 1. The van der Waals surface area contributed by atoms with Gasteiger partial charge in [0.25, 0.3) is 0 Å². The molecule has 1 aliphatic heterocycles. The van der Waals surface area contributed by atoms with E-state index in [2.05, 4.69) is 16.5 Å². The molecule has 0 radical (unpaired) electrons. The second-order valence-electron chi connectivity index (χ2n) is 5.50. The van der Waals surface area contributed by atoms with Gasteiger partial charge in [0, 0.05) is 19.6 Å². The highest BCUT2D eigenvalue weighted by Gasteiger charge is 2.31. The highest BCUT2D eigenvalue weighted by Crippen LogP contribution is 2.25. The zero-order valence-corrected chi connectivity index (χ0v) is 14.0. The van der Waals surface area contributed by atoms with Gasteiger partial charge in [-0.05, 0) is 34.2 Å². The molecule has 0 aliphatic carbocycles. The normalized spacial score (nSPS) is 17.0. The molecule has 1 aliphatic rings. The lowest BCUT2D eigenvalue weighted by Gasteiger charge is -2.25. The molecular weight excluding hydrogens is 288 g/mol. The van der Waals surface area contributed by atoms with Gasteiger partial charge in [-0.3, -0.25) is 4.68 Å². The lowest BCUT2D eigenvalue weighted by atomic mass is 10.2. The molecule has 0 fully saturated rings. The van der Waals surface area contributed by atoms with Crippen LogP contribution in [0.5, 0.6) is 0 Å². The van der Waals surface area contributed by atoms with Gasteiger partial charge in [0.15, 0.2) is 0 Å². The fourth-order valence-corrected chi connectivity index (χ4v) is 4.57. The molecular formula is C14H24N4O2S. The summed E-state index contributed by atoms with van der Waals surface area (Å²) in [6, 6.07) is 0. The van der Waals surface area contributed by atoms with Gasteiger partial charge in [-0.25, -0.2) is 8.42 Å². The minimum Gasteiger partial charge on any atom is -0.318 e. The summed E-state index contributed by atoms with van der Waals surface area (Å²) in [7, 11) is -1.60. The number of rotatable bonds is 5. The monoisotopic (exact) mass is 312 g/mol. The Morgan fingerprint density at radius 3 is 2.67 bits per heavy atom. The molecule has 0 amide bonds. The number of hydrogen-bond acceptors (Lipinski definition) is 4. The van der Waals surface area contributed by atoms with Crippen LogP contribution in [0.25, 0.3) is 0 Å². The first-order valence-electron chi connectivity index (χ1n) is 7.22. The smallest absolute Gasteiger partial charge is 0.247 e. The largest absolute Gasteiger partial charge is 0.318 e. The van der Waals surface area contributed by atoms with Crippen LogP contribution in [-0.4, -0.2) is 49.2 Å². The van der Waals surface area contributed by atoms with Gasteiger partial charge >= 0.3 is 0 Å². The van der Waals surface area contributed by atoms with Crippen LogP contribution < -0.4 is 5.32 Å². The van der Waals surface area contributed by atoms with Gasteiger partial charge in [0.05, 0.1) is 17.9 Å². The molecule has 0 spiro atoms. The van der Waals surface area contributed by atoms with Crippen LogP contribution in [0.1, 0.15) is 24.7 Å². The lowest BCUT2D eigenvalue weighted by Crippen LogP contribution is -2.36. The number of sulfonamides is 1. The van der Waals surface area contributed by atoms with Gasteiger partial charge < -0.3 is 5.32 Å². The summed E-state index contributed by atoms with van der Waals surface area (Å²) in [5.74, 6) is 0. The van der Waals surface area contributed by atoms with Crippen molar-refractivity contribution < 1.29 is 8.42 Å². The van der Waals surface area contributed by atoms with E-state index in [1.807, 2.05) is 20.9 Å². The van der Waals surface area contributed by atoms with E-state index in [4.69, 9.17) is 0 Å². The molecule has 1 aromatic rings. The second kappa shape index (κ2) is 6.29. The summed E-state index contributed by atoms with van der Waals surface area (Å²) < 4.78 is 29.1. The Kier molecular flexibility index (Phi) is 4.85. The quantitative estimate of drug-likeness (QED) is 0.826. The Hall–Kier alpha value is -1.18. The minimum absolute atomic E-state index is 0.369. The fourth-order valence-electron chi connectivity index (χ4n) is 2.70. The molecule has 0 atom stereocenters. The highest BCUT2D eigenvalue weighted by molar-refractivity contribution is 7.89. The molecule has 0 unspecified atom stereocenters. The maximum Gasteiger partial charge on any atom is 0.247 e. The third kappa shape index (κ3) is 3.20. The Balaban J connectivity index is 2.36. The fraction of sp³-hybridized carbons (Fsp3) is 0.643.